The standard InChI is InChI=1S/C14H21N3O4/c1-9-7-16(13(19)21-14(2,3)4)11-6-10(12(18)20-5)15-17(11)8-9/h6,9H,7-8H2,1-5H3. The predicted octanol–water partition coefficient (Wildman–Crippen LogP) is 2.06. The summed E-state index contributed by atoms with van der Waals surface area (Å²) >= 11 is 0. The van der Waals surface area contributed by atoms with Gasteiger partial charge in [0.1, 0.15) is 11.4 Å². The molecule has 0 radical (unpaired) electrons. The fourth-order valence-electron chi connectivity index (χ4n) is 2.21. The van der Waals surface area contributed by atoms with Crippen LogP contribution in [0.15, 0.2) is 6.07 Å². The summed E-state index contributed by atoms with van der Waals surface area (Å²) in [5.74, 6) is 0.256. The van der Waals surface area contributed by atoms with E-state index in [-0.39, 0.29) is 11.6 Å². The molecular formula is C14H21N3O4. The molecule has 0 aromatic carbocycles. The van der Waals surface area contributed by atoms with Gasteiger partial charge in [0.15, 0.2) is 5.69 Å². The lowest BCUT2D eigenvalue weighted by atomic mass is 10.1. The molecule has 1 atom stereocenters. The van der Waals surface area contributed by atoms with Crippen LogP contribution in [0.5, 0.6) is 0 Å². The number of carbonyl (C=O) groups is 2. The molecular weight excluding hydrogens is 274 g/mol. The normalized spacial score (nSPS) is 18.1. The minimum absolute atomic E-state index is 0.190. The van der Waals surface area contributed by atoms with E-state index in [1.54, 1.807) is 10.7 Å². The molecule has 2 rings (SSSR count). The van der Waals surface area contributed by atoms with Gasteiger partial charge in [-0.25, -0.2) is 14.3 Å². The molecule has 21 heavy (non-hydrogen) atoms. The van der Waals surface area contributed by atoms with E-state index in [0.717, 1.165) is 0 Å². The first-order valence-corrected chi connectivity index (χ1v) is 6.88. The number of hydrogen-bond donors (Lipinski definition) is 0. The Balaban J connectivity index is 2.31. The van der Waals surface area contributed by atoms with Crippen molar-refractivity contribution in [3.63, 3.8) is 0 Å². The second kappa shape index (κ2) is 5.38. The van der Waals surface area contributed by atoms with Crippen molar-refractivity contribution >= 4 is 17.9 Å². The number of ether oxygens (including phenoxy) is 2. The molecule has 0 bridgehead atoms. The van der Waals surface area contributed by atoms with Gasteiger partial charge in [-0.1, -0.05) is 6.92 Å². The van der Waals surface area contributed by atoms with E-state index in [4.69, 9.17) is 4.74 Å². The number of nitrogens with zero attached hydrogens (tertiary/aromatic N) is 3. The molecule has 7 heteroatoms. The second-order valence-electron chi connectivity index (χ2n) is 6.26. The van der Waals surface area contributed by atoms with Crippen LogP contribution in [0.4, 0.5) is 10.6 Å². The number of hydrogen-bond acceptors (Lipinski definition) is 5. The highest BCUT2D eigenvalue weighted by atomic mass is 16.6. The topological polar surface area (TPSA) is 73.7 Å². The molecule has 1 aliphatic heterocycles. The monoisotopic (exact) mass is 295 g/mol. The molecule has 0 aliphatic carbocycles. The van der Waals surface area contributed by atoms with Crippen molar-refractivity contribution in [3.8, 4) is 0 Å². The Bertz CT molecular complexity index is 559. The van der Waals surface area contributed by atoms with Crippen LogP contribution in [-0.4, -0.2) is 41.1 Å². The average Bonchev–Trinajstić information content (AvgIpc) is 2.78. The largest absolute Gasteiger partial charge is 0.464 e. The van der Waals surface area contributed by atoms with Crippen molar-refractivity contribution in [3.05, 3.63) is 11.8 Å². The second-order valence-corrected chi connectivity index (χ2v) is 6.26. The van der Waals surface area contributed by atoms with Crippen LogP contribution in [0.3, 0.4) is 0 Å². The number of rotatable bonds is 1. The van der Waals surface area contributed by atoms with E-state index < -0.39 is 17.7 Å². The van der Waals surface area contributed by atoms with Crippen molar-refractivity contribution in [1.82, 2.24) is 9.78 Å². The summed E-state index contributed by atoms with van der Waals surface area (Å²) in [6.07, 6.45) is -0.438. The molecule has 7 nitrogen and oxygen atoms in total. The van der Waals surface area contributed by atoms with Gasteiger partial charge in [0, 0.05) is 19.2 Å². The number of methoxy groups -OCH3 is 1. The molecule has 0 fully saturated rings. The van der Waals surface area contributed by atoms with Gasteiger partial charge in [-0.3, -0.25) is 4.90 Å². The molecule has 1 aromatic rings. The van der Waals surface area contributed by atoms with Crippen LogP contribution in [0.2, 0.25) is 0 Å². The van der Waals surface area contributed by atoms with Crippen LogP contribution in [-0.2, 0) is 16.0 Å². The Morgan fingerprint density at radius 1 is 1.33 bits per heavy atom. The van der Waals surface area contributed by atoms with E-state index in [1.165, 1.54) is 12.0 Å². The summed E-state index contributed by atoms with van der Waals surface area (Å²) in [7, 11) is 1.30. The van der Waals surface area contributed by atoms with Gasteiger partial charge in [0.2, 0.25) is 0 Å². The summed E-state index contributed by atoms with van der Waals surface area (Å²) in [5, 5.41) is 4.19. The molecule has 1 aromatic heterocycles. The van der Waals surface area contributed by atoms with Gasteiger partial charge in [-0.05, 0) is 26.7 Å². The zero-order valence-electron chi connectivity index (χ0n) is 13.0. The van der Waals surface area contributed by atoms with E-state index >= 15 is 0 Å². The lowest BCUT2D eigenvalue weighted by molar-refractivity contribution is 0.0563. The number of aromatic nitrogens is 2. The Hall–Kier alpha value is -2.05. The summed E-state index contributed by atoms with van der Waals surface area (Å²) in [4.78, 5) is 25.4. The van der Waals surface area contributed by atoms with Crippen molar-refractivity contribution in [2.24, 2.45) is 5.92 Å². The Morgan fingerprint density at radius 3 is 2.57 bits per heavy atom. The van der Waals surface area contributed by atoms with Crippen molar-refractivity contribution in [2.75, 3.05) is 18.6 Å². The van der Waals surface area contributed by atoms with Gasteiger partial charge < -0.3 is 9.47 Å². The van der Waals surface area contributed by atoms with Crippen molar-refractivity contribution in [2.45, 2.75) is 39.8 Å². The van der Waals surface area contributed by atoms with E-state index in [2.05, 4.69) is 9.84 Å². The van der Waals surface area contributed by atoms with Crippen molar-refractivity contribution < 1.29 is 19.1 Å². The van der Waals surface area contributed by atoms with Crippen LogP contribution in [0.1, 0.15) is 38.2 Å². The number of anilines is 1. The maximum atomic E-state index is 12.3. The smallest absolute Gasteiger partial charge is 0.416 e. The number of carbonyl (C=O) groups excluding carboxylic acids is 2. The fourth-order valence-corrected chi connectivity index (χ4v) is 2.21. The molecule has 0 spiro atoms. The Morgan fingerprint density at radius 2 is 2.00 bits per heavy atom. The highest BCUT2D eigenvalue weighted by Gasteiger charge is 2.32. The van der Waals surface area contributed by atoms with Crippen LogP contribution in [0.25, 0.3) is 0 Å². The van der Waals surface area contributed by atoms with Gasteiger partial charge in [0.25, 0.3) is 0 Å². The van der Waals surface area contributed by atoms with Crippen LogP contribution >= 0.6 is 0 Å². The molecule has 0 saturated carbocycles. The van der Waals surface area contributed by atoms with E-state index in [9.17, 15) is 9.59 Å². The lowest BCUT2D eigenvalue weighted by Crippen LogP contribution is -2.44. The average molecular weight is 295 g/mol. The summed E-state index contributed by atoms with van der Waals surface area (Å²) in [5.41, 5.74) is -0.386. The zero-order valence-corrected chi connectivity index (χ0v) is 13.0. The fraction of sp³-hybridized carbons (Fsp3) is 0.643. The zero-order chi connectivity index (χ0) is 15.8. The summed E-state index contributed by atoms with van der Waals surface area (Å²) in [6.45, 7) is 8.63. The first kappa shape index (κ1) is 15.3. The molecule has 1 amide bonds. The third kappa shape index (κ3) is 3.34. The lowest BCUT2D eigenvalue weighted by Gasteiger charge is -2.33. The van der Waals surface area contributed by atoms with Crippen LogP contribution in [0, 0.1) is 5.92 Å². The number of esters is 1. The highest BCUT2D eigenvalue weighted by molar-refractivity contribution is 5.92. The first-order valence-electron chi connectivity index (χ1n) is 6.88. The van der Waals surface area contributed by atoms with E-state index in [1.807, 2.05) is 27.7 Å². The third-order valence-electron chi connectivity index (χ3n) is 3.02. The minimum Gasteiger partial charge on any atom is -0.464 e. The molecule has 0 N–H and O–H groups in total. The predicted molar refractivity (Wildman–Crippen MR) is 76.3 cm³/mol. The number of fused-ring (bicyclic) bond motifs is 1. The maximum Gasteiger partial charge on any atom is 0.416 e. The van der Waals surface area contributed by atoms with E-state index in [0.29, 0.717) is 18.9 Å². The highest BCUT2D eigenvalue weighted by Crippen LogP contribution is 2.26. The SMILES string of the molecule is COC(=O)c1cc2n(n1)CC(C)CN2C(=O)OC(C)(C)C. The summed E-state index contributed by atoms with van der Waals surface area (Å²) in [6, 6.07) is 1.56. The molecule has 0 saturated heterocycles. The van der Waals surface area contributed by atoms with Gasteiger partial charge in [-0.15, -0.1) is 0 Å². The Kier molecular flexibility index (Phi) is 3.93. The minimum atomic E-state index is -0.576. The summed E-state index contributed by atoms with van der Waals surface area (Å²) < 4.78 is 11.7. The third-order valence-corrected chi connectivity index (χ3v) is 3.02. The number of amides is 1. The molecule has 1 unspecified atom stereocenters. The maximum absolute atomic E-state index is 12.3. The van der Waals surface area contributed by atoms with Crippen molar-refractivity contribution in [1.29, 1.82) is 0 Å². The van der Waals surface area contributed by atoms with Crippen LogP contribution < -0.4 is 4.90 Å². The quantitative estimate of drug-likeness (QED) is 0.741. The molecule has 1 aliphatic rings. The Labute approximate surface area is 123 Å². The van der Waals surface area contributed by atoms with Gasteiger partial charge in [0.05, 0.1) is 7.11 Å². The first-order chi connectivity index (χ1) is 9.71. The molecule has 2 heterocycles. The van der Waals surface area contributed by atoms with Gasteiger partial charge >= 0.3 is 12.1 Å². The molecule has 116 valence electrons. The van der Waals surface area contributed by atoms with Gasteiger partial charge in [-0.2, -0.15) is 5.10 Å².